The number of carbonyl (C=O) groups excluding carboxylic acids is 3. The molecule has 2 aromatic carbocycles. The Labute approximate surface area is 219 Å². The van der Waals surface area contributed by atoms with E-state index in [0.29, 0.717) is 47.6 Å². The molecule has 0 bridgehead atoms. The van der Waals surface area contributed by atoms with E-state index in [2.05, 4.69) is 16.4 Å². The van der Waals surface area contributed by atoms with Crippen LogP contribution >= 0.6 is 11.3 Å². The largest absolute Gasteiger partial charge is 0.481 e. The number of hydrogen-bond donors (Lipinski definition) is 1. The zero-order chi connectivity index (χ0) is 25.8. The van der Waals surface area contributed by atoms with Crippen LogP contribution in [-0.4, -0.2) is 60.4 Å². The third kappa shape index (κ3) is 4.17. The molecule has 1 saturated heterocycles. The molecular weight excluding hydrogens is 488 g/mol. The lowest BCUT2D eigenvalue weighted by Gasteiger charge is -2.29. The normalized spacial score (nSPS) is 21.8. The zero-order valence-electron chi connectivity index (χ0n) is 21.0. The van der Waals surface area contributed by atoms with Crippen LogP contribution in [-0.2, 0) is 4.79 Å². The number of ether oxygens (including phenoxy) is 1. The van der Waals surface area contributed by atoms with Crippen LogP contribution in [0.4, 0.5) is 5.69 Å². The second-order valence-corrected chi connectivity index (χ2v) is 11.3. The van der Waals surface area contributed by atoms with E-state index in [1.165, 1.54) is 16.2 Å². The molecule has 0 spiro atoms. The molecule has 3 heterocycles. The van der Waals surface area contributed by atoms with Gasteiger partial charge in [0.2, 0.25) is 0 Å². The van der Waals surface area contributed by atoms with Crippen LogP contribution in [0.25, 0.3) is 10.4 Å². The summed E-state index contributed by atoms with van der Waals surface area (Å²) in [7, 11) is 1.67. The lowest BCUT2D eigenvalue weighted by molar-refractivity contribution is -0.121. The molecule has 0 unspecified atom stereocenters. The van der Waals surface area contributed by atoms with Gasteiger partial charge in [0, 0.05) is 20.1 Å². The van der Waals surface area contributed by atoms with Crippen LogP contribution in [0.3, 0.4) is 0 Å². The fourth-order valence-corrected chi connectivity index (χ4v) is 6.44. The number of likely N-dealkylation sites (tertiary alicyclic amines) is 1. The lowest BCUT2D eigenvalue weighted by atomic mass is 10.1. The number of para-hydroxylation sites is 1. The maximum atomic E-state index is 13.8. The van der Waals surface area contributed by atoms with E-state index in [-0.39, 0.29) is 30.4 Å². The van der Waals surface area contributed by atoms with Gasteiger partial charge in [-0.1, -0.05) is 35.9 Å². The Morgan fingerprint density at radius 3 is 2.81 bits per heavy atom. The van der Waals surface area contributed by atoms with Crippen molar-refractivity contribution in [3.05, 3.63) is 64.3 Å². The van der Waals surface area contributed by atoms with Crippen molar-refractivity contribution >= 4 is 34.7 Å². The highest BCUT2D eigenvalue weighted by Crippen LogP contribution is 2.50. The van der Waals surface area contributed by atoms with Gasteiger partial charge in [-0.15, -0.1) is 11.3 Å². The molecule has 1 N–H and O–H groups in total. The van der Waals surface area contributed by atoms with Crippen molar-refractivity contribution in [3.63, 3.8) is 0 Å². The number of rotatable bonds is 5. The molecule has 2 fully saturated rings. The molecule has 37 heavy (non-hydrogen) atoms. The average Bonchev–Trinajstić information content (AvgIpc) is 3.40. The van der Waals surface area contributed by atoms with Gasteiger partial charge in [0.05, 0.1) is 27.2 Å². The fraction of sp³-hybridized carbons (Fsp3) is 0.357. The summed E-state index contributed by atoms with van der Waals surface area (Å²) >= 11 is 1.54. The minimum atomic E-state index is -0.277. The summed E-state index contributed by atoms with van der Waals surface area (Å²) < 4.78 is 5.62. The number of nitrogens with one attached hydrogen (secondary N) is 1. The molecule has 0 radical (unpaired) electrons. The molecule has 2 aliphatic heterocycles. The second-order valence-electron chi connectivity index (χ2n) is 10.1. The standard InChI is InChI=1S/C28H28N4O4S/c1-15-6-4-7-17(10-15)26-24(30-16(2)37-26)28(35)32-13-18-11-20(18)22(32)12-29-27(34)19-8-5-9-21-25(19)36-14-23(33)31(21)3/h4-10,18,20,22H,11-14H2,1-3H3,(H,29,34)/t18-,20-,22+/m0/s1. The summed E-state index contributed by atoms with van der Waals surface area (Å²) in [5.74, 6) is 0.754. The molecule has 3 atom stereocenters. The smallest absolute Gasteiger partial charge is 0.274 e. The van der Waals surface area contributed by atoms with Crippen molar-refractivity contribution in [2.45, 2.75) is 26.3 Å². The minimum Gasteiger partial charge on any atom is -0.481 e. The van der Waals surface area contributed by atoms with E-state index in [4.69, 9.17) is 4.74 Å². The van der Waals surface area contributed by atoms with Gasteiger partial charge in [-0.25, -0.2) is 4.98 Å². The molecule has 190 valence electrons. The summed E-state index contributed by atoms with van der Waals surface area (Å²) in [4.78, 5) is 47.9. The number of anilines is 1. The molecule has 6 rings (SSSR count). The number of amides is 3. The molecule has 8 nitrogen and oxygen atoms in total. The molecule has 3 aliphatic rings. The van der Waals surface area contributed by atoms with Crippen LogP contribution in [0.15, 0.2) is 42.5 Å². The van der Waals surface area contributed by atoms with Gasteiger partial charge in [-0.05, 0) is 49.8 Å². The first-order valence-electron chi connectivity index (χ1n) is 12.5. The summed E-state index contributed by atoms with van der Waals surface area (Å²) in [6.45, 7) is 4.90. The SMILES string of the molecule is Cc1cccc(-c2sc(C)nc2C(=O)N2C[C@@H]3C[C@@H]3[C@H]2CNC(=O)c2cccc3c2OCC(=O)N3C)c1. The van der Waals surface area contributed by atoms with Crippen molar-refractivity contribution in [2.75, 3.05) is 31.6 Å². The Kier molecular flexibility index (Phi) is 5.75. The van der Waals surface area contributed by atoms with Gasteiger partial charge in [0.25, 0.3) is 17.7 Å². The minimum absolute atomic E-state index is 0.0760. The first kappa shape index (κ1) is 23.7. The Bertz CT molecular complexity index is 1430. The summed E-state index contributed by atoms with van der Waals surface area (Å²) in [5, 5.41) is 3.89. The molecular formula is C28H28N4O4S. The van der Waals surface area contributed by atoms with E-state index in [9.17, 15) is 14.4 Å². The lowest BCUT2D eigenvalue weighted by Crippen LogP contribution is -2.46. The van der Waals surface area contributed by atoms with Crippen LogP contribution in [0, 0.1) is 25.7 Å². The maximum Gasteiger partial charge on any atom is 0.274 e. The Hall–Kier alpha value is -3.72. The number of nitrogens with zero attached hydrogens (tertiary/aromatic N) is 3. The zero-order valence-corrected chi connectivity index (χ0v) is 21.8. The Morgan fingerprint density at radius 2 is 2.00 bits per heavy atom. The number of aryl methyl sites for hydroxylation is 2. The Balaban J connectivity index is 1.21. The second kappa shape index (κ2) is 8.99. The van der Waals surface area contributed by atoms with Crippen LogP contribution in [0.5, 0.6) is 5.75 Å². The van der Waals surface area contributed by atoms with Gasteiger partial charge < -0.3 is 19.9 Å². The molecule has 9 heteroatoms. The molecule has 1 saturated carbocycles. The van der Waals surface area contributed by atoms with E-state index >= 15 is 0 Å². The molecule has 1 aromatic heterocycles. The van der Waals surface area contributed by atoms with Crippen molar-refractivity contribution in [3.8, 4) is 16.2 Å². The van der Waals surface area contributed by atoms with Crippen molar-refractivity contribution in [1.29, 1.82) is 0 Å². The van der Waals surface area contributed by atoms with Gasteiger partial charge in [0.1, 0.15) is 5.69 Å². The third-order valence-corrected chi connectivity index (χ3v) is 8.59. The predicted molar refractivity (Wildman–Crippen MR) is 141 cm³/mol. The summed E-state index contributed by atoms with van der Waals surface area (Å²) in [6.07, 6.45) is 1.07. The van der Waals surface area contributed by atoms with E-state index < -0.39 is 0 Å². The summed E-state index contributed by atoms with van der Waals surface area (Å²) in [6, 6.07) is 13.2. The van der Waals surface area contributed by atoms with Gasteiger partial charge >= 0.3 is 0 Å². The quantitative estimate of drug-likeness (QED) is 0.559. The molecule has 1 aliphatic carbocycles. The highest BCUT2D eigenvalue weighted by molar-refractivity contribution is 7.15. The van der Waals surface area contributed by atoms with Gasteiger partial charge in [-0.2, -0.15) is 0 Å². The Morgan fingerprint density at radius 1 is 1.19 bits per heavy atom. The molecule has 3 aromatic rings. The number of aromatic nitrogens is 1. The van der Waals surface area contributed by atoms with Crippen molar-refractivity contribution < 1.29 is 19.1 Å². The van der Waals surface area contributed by atoms with Crippen molar-refractivity contribution in [1.82, 2.24) is 15.2 Å². The number of thiazole rings is 1. The number of piperidine rings is 1. The monoisotopic (exact) mass is 516 g/mol. The number of hydrogen-bond acceptors (Lipinski definition) is 6. The van der Waals surface area contributed by atoms with Crippen LogP contribution < -0.4 is 15.0 Å². The van der Waals surface area contributed by atoms with Gasteiger partial charge in [0.15, 0.2) is 12.4 Å². The topological polar surface area (TPSA) is 91.8 Å². The maximum absolute atomic E-state index is 13.8. The summed E-state index contributed by atoms with van der Waals surface area (Å²) in [5.41, 5.74) is 3.58. The third-order valence-electron chi connectivity index (χ3n) is 7.57. The first-order valence-corrected chi connectivity index (χ1v) is 13.3. The number of benzene rings is 2. The van der Waals surface area contributed by atoms with Gasteiger partial charge in [-0.3, -0.25) is 14.4 Å². The van der Waals surface area contributed by atoms with E-state index in [1.807, 2.05) is 36.9 Å². The highest BCUT2D eigenvalue weighted by atomic mass is 32.1. The number of carbonyl (C=O) groups is 3. The van der Waals surface area contributed by atoms with Crippen molar-refractivity contribution in [2.24, 2.45) is 11.8 Å². The van der Waals surface area contributed by atoms with E-state index in [1.54, 1.807) is 25.2 Å². The number of likely N-dealkylation sites (N-methyl/N-ethyl adjacent to an activating group) is 1. The van der Waals surface area contributed by atoms with Crippen LogP contribution in [0.2, 0.25) is 0 Å². The van der Waals surface area contributed by atoms with E-state index in [0.717, 1.165) is 27.4 Å². The first-order chi connectivity index (χ1) is 17.8. The number of fused-ring (bicyclic) bond motifs is 2. The highest BCUT2D eigenvalue weighted by Gasteiger charge is 2.54. The average molecular weight is 517 g/mol. The predicted octanol–water partition coefficient (Wildman–Crippen LogP) is 3.67. The molecule has 3 amide bonds. The fourth-order valence-electron chi connectivity index (χ4n) is 5.53. The van der Waals surface area contributed by atoms with Crippen LogP contribution in [0.1, 0.15) is 37.8 Å².